The van der Waals surface area contributed by atoms with Crippen LogP contribution in [0.15, 0.2) is 0 Å². The molecule has 0 aromatic heterocycles. The van der Waals surface area contributed by atoms with Gasteiger partial charge in [0.1, 0.15) is 0 Å². The van der Waals surface area contributed by atoms with Crippen LogP contribution in [-0.4, -0.2) is 47.7 Å². The van der Waals surface area contributed by atoms with E-state index in [0.29, 0.717) is 0 Å². The summed E-state index contributed by atoms with van der Waals surface area (Å²) in [6, 6.07) is 0. The van der Waals surface area contributed by atoms with Crippen molar-refractivity contribution in [3.63, 3.8) is 0 Å². The van der Waals surface area contributed by atoms with E-state index in [9.17, 15) is 9.90 Å². The minimum absolute atomic E-state index is 0.00947. The molecule has 0 spiro atoms. The lowest BCUT2D eigenvalue weighted by atomic mass is 9.80. The molecule has 2 saturated carbocycles. The average Bonchev–Trinajstić information content (AvgIpc) is 3.10. The molecule has 4 nitrogen and oxygen atoms in total. The van der Waals surface area contributed by atoms with Crippen molar-refractivity contribution >= 4 is 5.91 Å². The van der Waals surface area contributed by atoms with Gasteiger partial charge in [0.2, 0.25) is 5.91 Å². The van der Waals surface area contributed by atoms with E-state index in [2.05, 4.69) is 10.2 Å². The van der Waals surface area contributed by atoms with E-state index in [1.54, 1.807) is 0 Å². The van der Waals surface area contributed by atoms with E-state index in [0.717, 1.165) is 19.4 Å². The molecule has 1 amide bonds. The Morgan fingerprint density at radius 3 is 2.20 bits per heavy atom. The quantitative estimate of drug-likeness (QED) is 0.805. The van der Waals surface area contributed by atoms with Crippen LogP contribution in [0.25, 0.3) is 0 Å². The molecule has 20 heavy (non-hydrogen) atoms. The maximum absolute atomic E-state index is 12.3. The number of likely N-dealkylation sites (tertiary alicyclic amines) is 1. The Morgan fingerprint density at radius 2 is 1.65 bits per heavy atom. The average molecular weight is 280 g/mol. The normalized spacial score (nSPS) is 28.2. The summed E-state index contributed by atoms with van der Waals surface area (Å²) in [5, 5.41) is 12.6. The Balaban J connectivity index is 1.62. The summed E-state index contributed by atoms with van der Waals surface area (Å²) >= 11 is 0. The number of hydrogen-bond acceptors (Lipinski definition) is 3. The monoisotopic (exact) mass is 280 g/mol. The van der Waals surface area contributed by atoms with Gasteiger partial charge in [-0.05, 0) is 51.6 Å². The molecular weight excluding hydrogens is 252 g/mol. The first-order valence-corrected chi connectivity index (χ1v) is 8.35. The van der Waals surface area contributed by atoms with Gasteiger partial charge in [-0.25, -0.2) is 0 Å². The van der Waals surface area contributed by atoms with Gasteiger partial charge in [0.05, 0.1) is 12.0 Å². The fourth-order valence-corrected chi connectivity index (χ4v) is 4.05. The predicted octanol–water partition coefficient (Wildman–Crippen LogP) is 1.67. The van der Waals surface area contributed by atoms with Gasteiger partial charge in [-0.1, -0.05) is 19.3 Å². The second-order valence-corrected chi connectivity index (χ2v) is 7.10. The maximum Gasteiger partial charge on any atom is 0.228 e. The molecule has 1 saturated heterocycles. The molecular formula is C16H28N2O2. The Bertz CT molecular complexity index is 353. The van der Waals surface area contributed by atoms with Crippen LogP contribution in [0.5, 0.6) is 0 Å². The molecule has 114 valence electrons. The van der Waals surface area contributed by atoms with Crippen molar-refractivity contribution < 1.29 is 9.90 Å². The van der Waals surface area contributed by atoms with Gasteiger partial charge in [-0.3, -0.25) is 9.69 Å². The molecule has 2 N–H and O–H groups in total. The summed E-state index contributed by atoms with van der Waals surface area (Å²) in [5.74, 6) is 0.0872. The fourth-order valence-electron chi connectivity index (χ4n) is 4.05. The third kappa shape index (κ3) is 2.60. The summed E-state index contributed by atoms with van der Waals surface area (Å²) in [7, 11) is 0. The van der Waals surface area contributed by atoms with Gasteiger partial charge in [-0.15, -0.1) is 0 Å². The minimum Gasteiger partial charge on any atom is -0.395 e. The number of nitrogens with zero attached hydrogens (tertiary/aromatic N) is 1. The van der Waals surface area contributed by atoms with Gasteiger partial charge < -0.3 is 10.4 Å². The van der Waals surface area contributed by atoms with Crippen molar-refractivity contribution in [2.45, 2.75) is 63.3 Å². The standard InChI is InChI=1S/C16H28N2O2/c19-13-15(8-9-15)14(20)17-12-16(6-2-1-3-7-16)18-10-4-5-11-18/h19H,1-13H2,(H,17,20). The van der Waals surface area contributed by atoms with Crippen molar-refractivity contribution in [3.05, 3.63) is 0 Å². The number of hydrogen-bond donors (Lipinski definition) is 2. The predicted molar refractivity (Wildman–Crippen MR) is 78.4 cm³/mol. The smallest absolute Gasteiger partial charge is 0.228 e. The summed E-state index contributed by atoms with van der Waals surface area (Å²) in [6.07, 6.45) is 10.7. The van der Waals surface area contributed by atoms with Crippen LogP contribution in [0.4, 0.5) is 0 Å². The second kappa shape index (κ2) is 5.64. The zero-order chi connectivity index (χ0) is 14.1. The van der Waals surface area contributed by atoms with E-state index in [4.69, 9.17) is 0 Å². The van der Waals surface area contributed by atoms with Crippen LogP contribution in [0.3, 0.4) is 0 Å². The summed E-state index contributed by atoms with van der Waals surface area (Å²) in [4.78, 5) is 14.9. The Labute approximate surface area is 121 Å². The van der Waals surface area contributed by atoms with Crippen LogP contribution >= 0.6 is 0 Å². The summed E-state index contributed by atoms with van der Waals surface area (Å²) in [6.45, 7) is 3.19. The highest BCUT2D eigenvalue weighted by atomic mass is 16.3. The van der Waals surface area contributed by atoms with Crippen LogP contribution in [0, 0.1) is 5.41 Å². The lowest BCUT2D eigenvalue weighted by molar-refractivity contribution is -0.128. The molecule has 4 heteroatoms. The maximum atomic E-state index is 12.3. The summed E-state index contributed by atoms with van der Waals surface area (Å²) < 4.78 is 0. The summed E-state index contributed by atoms with van der Waals surface area (Å²) in [5.41, 5.74) is -0.225. The number of nitrogens with one attached hydrogen (secondary N) is 1. The van der Waals surface area contributed by atoms with Crippen molar-refractivity contribution in [1.82, 2.24) is 10.2 Å². The highest BCUT2D eigenvalue weighted by Crippen LogP contribution is 2.45. The van der Waals surface area contributed by atoms with E-state index < -0.39 is 5.41 Å². The largest absolute Gasteiger partial charge is 0.395 e. The molecule has 0 radical (unpaired) electrons. The topological polar surface area (TPSA) is 52.6 Å². The number of aliphatic hydroxyl groups is 1. The van der Waals surface area contributed by atoms with E-state index in [1.807, 2.05) is 0 Å². The Hall–Kier alpha value is -0.610. The van der Waals surface area contributed by atoms with E-state index in [1.165, 1.54) is 58.0 Å². The van der Waals surface area contributed by atoms with Crippen LogP contribution in [0.2, 0.25) is 0 Å². The number of amides is 1. The molecule has 0 bridgehead atoms. The van der Waals surface area contributed by atoms with Crippen LogP contribution in [0.1, 0.15) is 57.8 Å². The first-order chi connectivity index (χ1) is 9.71. The highest BCUT2D eigenvalue weighted by Gasteiger charge is 2.50. The van der Waals surface area contributed by atoms with Gasteiger partial charge in [0.15, 0.2) is 0 Å². The van der Waals surface area contributed by atoms with Gasteiger partial charge in [0, 0.05) is 12.1 Å². The van der Waals surface area contributed by atoms with Crippen molar-refractivity contribution in [3.8, 4) is 0 Å². The number of carbonyl (C=O) groups is 1. The van der Waals surface area contributed by atoms with Gasteiger partial charge in [-0.2, -0.15) is 0 Å². The lowest BCUT2D eigenvalue weighted by Gasteiger charge is -2.45. The molecule has 3 aliphatic rings. The Kier molecular flexibility index (Phi) is 4.04. The molecule has 0 aromatic carbocycles. The lowest BCUT2D eigenvalue weighted by Crippen LogP contribution is -2.56. The van der Waals surface area contributed by atoms with Gasteiger partial charge >= 0.3 is 0 Å². The fraction of sp³-hybridized carbons (Fsp3) is 0.938. The minimum atomic E-state index is -0.430. The molecule has 3 fully saturated rings. The molecule has 3 rings (SSSR count). The number of aliphatic hydroxyl groups excluding tert-OH is 1. The third-order valence-electron chi connectivity index (χ3n) is 5.78. The molecule has 0 unspecified atom stereocenters. The SMILES string of the molecule is O=C(NCC1(N2CCCC2)CCCCC1)C1(CO)CC1. The molecule has 1 aliphatic heterocycles. The molecule has 0 atom stereocenters. The third-order valence-corrected chi connectivity index (χ3v) is 5.78. The number of carbonyl (C=O) groups excluding carboxylic acids is 1. The van der Waals surface area contributed by atoms with Crippen molar-refractivity contribution in [2.24, 2.45) is 5.41 Å². The van der Waals surface area contributed by atoms with Crippen molar-refractivity contribution in [2.75, 3.05) is 26.2 Å². The van der Waals surface area contributed by atoms with E-state index in [-0.39, 0.29) is 18.1 Å². The molecule has 1 heterocycles. The highest BCUT2D eigenvalue weighted by molar-refractivity contribution is 5.85. The van der Waals surface area contributed by atoms with Crippen LogP contribution < -0.4 is 5.32 Å². The zero-order valence-corrected chi connectivity index (χ0v) is 12.5. The molecule has 2 aliphatic carbocycles. The first-order valence-electron chi connectivity index (χ1n) is 8.35. The Morgan fingerprint density at radius 1 is 1.00 bits per heavy atom. The second-order valence-electron chi connectivity index (χ2n) is 7.10. The van der Waals surface area contributed by atoms with Crippen molar-refractivity contribution in [1.29, 1.82) is 0 Å². The molecule has 0 aromatic rings. The zero-order valence-electron chi connectivity index (χ0n) is 12.5. The van der Waals surface area contributed by atoms with E-state index >= 15 is 0 Å². The number of rotatable bonds is 5. The van der Waals surface area contributed by atoms with Gasteiger partial charge in [0.25, 0.3) is 0 Å². The first kappa shape index (κ1) is 14.3. The van der Waals surface area contributed by atoms with Crippen LogP contribution in [-0.2, 0) is 4.79 Å².